The van der Waals surface area contributed by atoms with E-state index >= 15 is 0 Å². The maximum absolute atomic E-state index is 10.8. The molecule has 86 valence electrons. The van der Waals surface area contributed by atoms with Crippen LogP contribution in [-0.2, 0) is 11.2 Å². The van der Waals surface area contributed by atoms with Crippen molar-refractivity contribution in [2.24, 2.45) is 11.5 Å². The first-order valence-electron chi connectivity index (χ1n) is 4.40. The third kappa shape index (κ3) is 2.77. The fourth-order valence-electron chi connectivity index (χ4n) is 1.20. The van der Waals surface area contributed by atoms with Gasteiger partial charge in [0.1, 0.15) is 0 Å². The molecular formula is C9H10BrN3O3. The minimum absolute atomic E-state index is 0.0610. The molecule has 0 aliphatic carbocycles. The molecule has 1 unspecified atom stereocenters. The van der Waals surface area contributed by atoms with E-state index < -0.39 is 16.9 Å². The van der Waals surface area contributed by atoms with E-state index in [0.717, 1.165) is 0 Å². The highest BCUT2D eigenvalue weighted by Gasteiger charge is 2.18. The highest BCUT2D eigenvalue weighted by molar-refractivity contribution is 9.10. The van der Waals surface area contributed by atoms with Gasteiger partial charge >= 0.3 is 0 Å². The van der Waals surface area contributed by atoms with Gasteiger partial charge in [0, 0.05) is 6.07 Å². The quantitative estimate of drug-likeness (QED) is 0.627. The third-order valence-electron chi connectivity index (χ3n) is 2.06. The second-order valence-corrected chi connectivity index (χ2v) is 4.01. The molecule has 6 nitrogen and oxygen atoms in total. The van der Waals surface area contributed by atoms with Crippen molar-refractivity contribution in [2.75, 3.05) is 0 Å². The summed E-state index contributed by atoms with van der Waals surface area (Å²) >= 11 is 3.11. The summed E-state index contributed by atoms with van der Waals surface area (Å²) < 4.78 is 0.330. The van der Waals surface area contributed by atoms with E-state index in [4.69, 9.17) is 11.5 Å². The molecule has 0 heterocycles. The normalized spacial score (nSPS) is 12.1. The Labute approximate surface area is 99.9 Å². The second kappa shape index (κ2) is 5.04. The molecule has 16 heavy (non-hydrogen) atoms. The Hall–Kier alpha value is -1.47. The molecule has 1 amide bonds. The van der Waals surface area contributed by atoms with Gasteiger partial charge in [-0.05, 0) is 27.9 Å². The molecule has 0 saturated heterocycles. The van der Waals surface area contributed by atoms with Crippen LogP contribution < -0.4 is 11.5 Å². The number of nitro benzene ring substituents is 1. The van der Waals surface area contributed by atoms with Crippen LogP contribution in [0.3, 0.4) is 0 Å². The van der Waals surface area contributed by atoms with Crippen LogP contribution in [0.5, 0.6) is 0 Å². The smallest absolute Gasteiger partial charge is 0.283 e. The standard InChI is InChI=1S/C9H10BrN3O3/c10-8-5(4-6(11)9(12)14)2-1-3-7(8)13(15)16/h1-3,6H,4,11H2,(H2,12,14). The summed E-state index contributed by atoms with van der Waals surface area (Å²) in [7, 11) is 0. The third-order valence-corrected chi connectivity index (χ3v) is 2.98. The molecule has 7 heteroatoms. The molecule has 1 rings (SSSR count). The van der Waals surface area contributed by atoms with Gasteiger partial charge < -0.3 is 11.5 Å². The number of amides is 1. The van der Waals surface area contributed by atoms with Gasteiger partial charge in [-0.15, -0.1) is 0 Å². The molecule has 0 aliphatic rings. The van der Waals surface area contributed by atoms with Gasteiger partial charge in [0.2, 0.25) is 5.91 Å². The number of nitro groups is 1. The molecule has 4 N–H and O–H groups in total. The number of rotatable bonds is 4. The van der Waals surface area contributed by atoms with Crippen LogP contribution in [0.2, 0.25) is 0 Å². The fourth-order valence-corrected chi connectivity index (χ4v) is 1.77. The van der Waals surface area contributed by atoms with Crippen molar-refractivity contribution in [3.63, 3.8) is 0 Å². The van der Waals surface area contributed by atoms with Crippen molar-refractivity contribution in [2.45, 2.75) is 12.5 Å². The maximum Gasteiger partial charge on any atom is 0.283 e. The highest BCUT2D eigenvalue weighted by atomic mass is 79.9. The number of halogens is 1. The number of benzene rings is 1. The predicted molar refractivity (Wildman–Crippen MR) is 61.7 cm³/mol. The van der Waals surface area contributed by atoms with Gasteiger partial charge in [-0.1, -0.05) is 12.1 Å². The zero-order chi connectivity index (χ0) is 12.3. The summed E-state index contributed by atoms with van der Waals surface area (Å²) in [6.45, 7) is 0. The summed E-state index contributed by atoms with van der Waals surface area (Å²) in [5, 5.41) is 10.6. The van der Waals surface area contributed by atoms with Crippen molar-refractivity contribution < 1.29 is 9.72 Å². The van der Waals surface area contributed by atoms with Crippen molar-refractivity contribution in [1.82, 2.24) is 0 Å². The molecule has 1 aromatic carbocycles. The predicted octanol–water partition coefficient (Wildman–Crippen LogP) is 0.712. The number of hydrogen-bond acceptors (Lipinski definition) is 4. The summed E-state index contributed by atoms with van der Waals surface area (Å²) in [6.07, 6.45) is 0.164. The van der Waals surface area contributed by atoms with Gasteiger partial charge in [0.15, 0.2) is 0 Å². The van der Waals surface area contributed by atoms with E-state index in [2.05, 4.69) is 15.9 Å². The van der Waals surface area contributed by atoms with Crippen molar-refractivity contribution in [3.8, 4) is 0 Å². The maximum atomic E-state index is 10.8. The molecule has 1 aromatic rings. The molecule has 0 spiro atoms. The molecule has 1 atom stereocenters. The van der Waals surface area contributed by atoms with Crippen LogP contribution in [-0.4, -0.2) is 16.9 Å². The van der Waals surface area contributed by atoms with Crippen LogP contribution in [0.25, 0.3) is 0 Å². The Kier molecular flexibility index (Phi) is 3.97. The van der Waals surface area contributed by atoms with E-state index in [1.165, 1.54) is 12.1 Å². The fraction of sp³-hybridized carbons (Fsp3) is 0.222. The first-order valence-corrected chi connectivity index (χ1v) is 5.19. The monoisotopic (exact) mass is 287 g/mol. The average Bonchev–Trinajstić information content (AvgIpc) is 2.20. The number of carbonyl (C=O) groups excluding carboxylic acids is 1. The molecule has 0 aromatic heterocycles. The zero-order valence-corrected chi connectivity index (χ0v) is 9.81. The molecule has 0 fully saturated rings. The Morgan fingerprint density at radius 3 is 2.69 bits per heavy atom. The highest BCUT2D eigenvalue weighted by Crippen LogP contribution is 2.28. The van der Waals surface area contributed by atoms with E-state index in [1.807, 2.05) is 0 Å². The number of carbonyl (C=O) groups is 1. The number of nitrogens with zero attached hydrogens (tertiary/aromatic N) is 1. The zero-order valence-electron chi connectivity index (χ0n) is 8.22. The van der Waals surface area contributed by atoms with Crippen LogP contribution in [0.1, 0.15) is 5.56 Å². The van der Waals surface area contributed by atoms with Crippen molar-refractivity contribution in [3.05, 3.63) is 38.3 Å². The lowest BCUT2D eigenvalue weighted by Gasteiger charge is -2.08. The van der Waals surface area contributed by atoms with E-state index in [9.17, 15) is 14.9 Å². The van der Waals surface area contributed by atoms with Gasteiger partial charge in [-0.3, -0.25) is 14.9 Å². The Morgan fingerprint density at radius 1 is 1.56 bits per heavy atom. The second-order valence-electron chi connectivity index (χ2n) is 3.22. The minimum atomic E-state index is -0.849. The Morgan fingerprint density at radius 2 is 2.19 bits per heavy atom. The lowest BCUT2D eigenvalue weighted by Crippen LogP contribution is -2.38. The van der Waals surface area contributed by atoms with Crippen LogP contribution in [0, 0.1) is 10.1 Å². The summed E-state index contributed by atoms with van der Waals surface area (Å²) in [5.41, 5.74) is 11.0. The van der Waals surface area contributed by atoms with Gasteiger partial charge in [0.25, 0.3) is 5.69 Å². The van der Waals surface area contributed by atoms with Gasteiger partial charge in [-0.2, -0.15) is 0 Å². The van der Waals surface area contributed by atoms with Gasteiger partial charge in [0.05, 0.1) is 15.4 Å². The SMILES string of the molecule is NC(=O)C(N)Cc1cccc([N+](=O)[O-])c1Br. The minimum Gasteiger partial charge on any atom is -0.368 e. The van der Waals surface area contributed by atoms with E-state index in [-0.39, 0.29) is 12.1 Å². The van der Waals surface area contributed by atoms with Crippen LogP contribution >= 0.6 is 15.9 Å². The Bertz CT molecular complexity index is 436. The molecule has 0 radical (unpaired) electrons. The number of nitrogens with two attached hydrogens (primary N) is 2. The van der Waals surface area contributed by atoms with E-state index in [0.29, 0.717) is 10.0 Å². The van der Waals surface area contributed by atoms with E-state index in [1.54, 1.807) is 6.07 Å². The average molecular weight is 288 g/mol. The molecular weight excluding hydrogens is 278 g/mol. The number of hydrogen-bond donors (Lipinski definition) is 2. The molecule has 0 saturated carbocycles. The Balaban J connectivity index is 3.02. The summed E-state index contributed by atoms with van der Waals surface area (Å²) in [4.78, 5) is 20.9. The van der Waals surface area contributed by atoms with Crippen LogP contribution in [0.15, 0.2) is 22.7 Å². The van der Waals surface area contributed by atoms with Crippen LogP contribution in [0.4, 0.5) is 5.69 Å². The molecule has 0 bridgehead atoms. The lowest BCUT2D eigenvalue weighted by molar-refractivity contribution is -0.385. The van der Waals surface area contributed by atoms with Crippen molar-refractivity contribution in [1.29, 1.82) is 0 Å². The molecule has 0 aliphatic heterocycles. The lowest BCUT2D eigenvalue weighted by atomic mass is 10.1. The first-order chi connectivity index (χ1) is 7.43. The topological polar surface area (TPSA) is 112 Å². The van der Waals surface area contributed by atoms with Gasteiger partial charge in [-0.25, -0.2) is 0 Å². The van der Waals surface area contributed by atoms with Crippen molar-refractivity contribution >= 4 is 27.5 Å². The first kappa shape index (κ1) is 12.6. The summed E-state index contributed by atoms with van der Waals surface area (Å²) in [6, 6.07) is 3.70. The summed E-state index contributed by atoms with van der Waals surface area (Å²) in [5.74, 6) is -0.640. The largest absolute Gasteiger partial charge is 0.368 e. The number of primary amides is 1.